The van der Waals surface area contributed by atoms with E-state index in [0.717, 1.165) is 22.6 Å². The van der Waals surface area contributed by atoms with Crippen LogP contribution in [0.15, 0.2) is 29.5 Å². The number of aryl methyl sites for hydroxylation is 1. The van der Waals surface area contributed by atoms with E-state index in [-0.39, 0.29) is 11.9 Å². The summed E-state index contributed by atoms with van der Waals surface area (Å²) in [7, 11) is 1.65. The number of thiocarbonyl (C=S) groups is 1. The molecule has 0 radical (unpaired) electrons. The van der Waals surface area contributed by atoms with Gasteiger partial charge in [-0.25, -0.2) is 0 Å². The van der Waals surface area contributed by atoms with Crippen LogP contribution in [0.1, 0.15) is 37.9 Å². The third-order valence-electron chi connectivity index (χ3n) is 4.30. The van der Waals surface area contributed by atoms with E-state index in [1.807, 2.05) is 50.8 Å². The molecular formula is C18H25N3O2S. The maximum Gasteiger partial charge on any atom is 0.253 e. The third-order valence-corrected chi connectivity index (χ3v) is 4.52. The molecule has 24 heavy (non-hydrogen) atoms. The smallest absolute Gasteiger partial charge is 0.253 e. The van der Waals surface area contributed by atoms with Gasteiger partial charge in [0.05, 0.1) is 18.7 Å². The van der Waals surface area contributed by atoms with E-state index in [1.165, 1.54) is 0 Å². The molecule has 6 heteroatoms. The van der Waals surface area contributed by atoms with Gasteiger partial charge in [-0.2, -0.15) is 0 Å². The fourth-order valence-corrected chi connectivity index (χ4v) is 3.26. The molecule has 2 rings (SSSR count). The first-order valence-corrected chi connectivity index (χ1v) is 8.55. The number of methoxy groups -OCH3 is 1. The number of benzene rings is 1. The van der Waals surface area contributed by atoms with Gasteiger partial charge in [0.15, 0.2) is 5.11 Å². The second-order valence-corrected chi connectivity index (χ2v) is 6.18. The maximum absolute atomic E-state index is 13.0. The molecule has 0 aromatic heterocycles. The number of carbonyl (C=O) groups excluding carboxylic acids is 1. The number of rotatable bonds is 5. The summed E-state index contributed by atoms with van der Waals surface area (Å²) in [6.07, 6.45) is 0. The highest BCUT2D eigenvalue weighted by molar-refractivity contribution is 7.80. The molecule has 0 spiro atoms. The van der Waals surface area contributed by atoms with Crippen molar-refractivity contribution >= 4 is 23.2 Å². The molecule has 0 saturated carbocycles. The van der Waals surface area contributed by atoms with Crippen LogP contribution >= 0.6 is 12.2 Å². The molecule has 0 aliphatic carbocycles. The molecule has 1 atom stereocenters. The number of hydrogen-bond donors (Lipinski definition) is 2. The lowest BCUT2D eigenvalue weighted by molar-refractivity contribution is -0.127. The minimum Gasteiger partial charge on any atom is -0.496 e. The van der Waals surface area contributed by atoms with Crippen LogP contribution in [-0.2, 0) is 4.79 Å². The van der Waals surface area contributed by atoms with Gasteiger partial charge in [0.1, 0.15) is 5.75 Å². The van der Waals surface area contributed by atoms with Gasteiger partial charge in [0, 0.05) is 18.8 Å². The Labute approximate surface area is 149 Å². The molecule has 0 saturated heterocycles. The van der Waals surface area contributed by atoms with Crippen LogP contribution in [0.25, 0.3) is 0 Å². The molecule has 0 bridgehead atoms. The lowest BCUT2D eigenvalue weighted by Gasteiger charge is -2.33. The van der Waals surface area contributed by atoms with Gasteiger partial charge in [0.25, 0.3) is 5.91 Å². The number of nitrogens with one attached hydrogen (secondary N) is 2. The van der Waals surface area contributed by atoms with E-state index in [0.29, 0.717) is 23.8 Å². The third kappa shape index (κ3) is 3.53. The molecule has 1 heterocycles. The van der Waals surface area contributed by atoms with Crippen molar-refractivity contribution in [3.63, 3.8) is 0 Å². The van der Waals surface area contributed by atoms with Crippen molar-refractivity contribution in [2.24, 2.45) is 0 Å². The fourth-order valence-electron chi connectivity index (χ4n) is 2.99. The minimum atomic E-state index is -0.267. The predicted molar refractivity (Wildman–Crippen MR) is 100.0 cm³/mol. The van der Waals surface area contributed by atoms with E-state index < -0.39 is 0 Å². The summed E-state index contributed by atoms with van der Waals surface area (Å²) in [5, 5.41) is 6.84. The minimum absolute atomic E-state index is 0.0264. The van der Waals surface area contributed by atoms with E-state index in [1.54, 1.807) is 7.11 Å². The topological polar surface area (TPSA) is 53.6 Å². The first-order valence-electron chi connectivity index (χ1n) is 8.14. The van der Waals surface area contributed by atoms with Crippen LogP contribution in [0, 0.1) is 6.92 Å². The molecule has 1 amide bonds. The fraction of sp³-hybridized carbons (Fsp3) is 0.444. The van der Waals surface area contributed by atoms with E-state index in [9.17, 15) is 4.79 Å². The zero-order valence-electron chi connectivity index (χ0n) is 14.9. The van der Waals surface area contributed by atoms with Gasteiger partial charge in [-0.3, -0.25) is 4.79 Å². The van der Waals surface area contributed by atoms with Gasteiger partial charge in [0.2, 0.25) is 0 Å². The van der Waals surface area contributed by atoms with E-state index in [4.69, 9.17) is 17.0 Å². The standard InChI is InChI=1S/C18H25N3O2S/c1-6-21(7-2)17(22)15-12(4)19-18(24)20-16(15)13-8-9-14(23-5)11(3)10-13/h8-10,16H,6-7H2,1-5H3,(H2,19,20,24)/t16-/m0/s1. The normalized spacial score (nSPS) is 17.2. The number of allylic oxidation sites excluding steroid dienone is 1. The van der Waals surface area contributed by atoms with E-state index >= 15 is 0 Å². The van der Waals surface area contributed by atoms with Crippen LogP contribution < -0.4 is 15.4 Å². The number of amides is 1. The summed E-state index contributed by atoms with van der Waals surface area (Å²) in [4.78, 5) is 14.8. The monoisotopic (exact) mass is 347 g/mol. The second kappa shape index (κ2) is 7.66. The van der Waals surface area contributed by atoms with Gasteiger partial charge in [-0.15, -0.1) is 0 Å². The highest BCUT2D eigenvalue weighted by Gasteiger charge is 2.31. The second-order valence-electron chi connectivity index (χ2n) is 5.78. The van der Waals surface area contributed by atoms with Crippen LogP contribution in [0.3, 0.4) is 0 Å². The molecule has 1 aliphatic rings. The number of hydrogen-bond acceptors (Lipinski definition) is 3. The van der Waals surface area contributed by atoms with Crippen LogP contribution in [0.4, 0.5) is 0 Å². The Kier molecular flexibility index (Phi) is 5.83. The largest absolute Gasteiger partial charge is 0.496 e. The highest BCUT2D eigenvalue weighted by Crippen LogP contribution is 2.31. The average Bonchev–Trinajstić information content (AvgIpc) is 2.55. The Bertz CT molecular complexity index is 681. The van der Waals surface area contributed by atoms with Crippen LogP contribution in [-0.4, -0.2) is 36.1 Å². The zero-order chi connectivity index (χ0) is 17.9. The molecule has 1 aromatic rings. The number of ether oxygens (including phenoxy) is 1. The highest BCUT2D eigenvalue weighted by atomic mass is 32.1. The summed E-state index contributed by atoms with van der Waals surface area (Å²) in [6.45, 7) is 9.20. The molecular weight excluding hydrogens is 322 g/mol. The Morgan fingerprint density at radius 3 is 2.50 bits per heavy atom. The molecule has 0 fully saturated rings. The molecule has 1 aliphatic heterocycles. The van der Waals surface area contributed by atoms with Crippen molar-refractivity contribution in [1.82, 2.24) is 15.5 Å². The quantitative estimate of drug-likeness (QED) is 0.802. The van der Waals surface area contributed by atoms with E-state index in [2.05, 4.69) is 10.6 Å². The molecule has 0 unspecified atom stereocenters. The first kappa shape index (κ1) is 18.3. The summed E-state index contributed by atoms with van der Waals surface area (Å²) < 4.78 is 5.33. The van der Waals surface area contributed by atoms with Crippen molar-refractivity contribution < 1.29 is 9.53 Å². The average molecular weight is 347 g/mol. The lowest BCUT2D eigenvalue weighted by atomic mass is 9.93. The Morgan fingerprint density at radius 1 is 1.29 bits per heavy atom. The summed E-state index contributed by atoms with van der Waals surface area (Å²) in [5.41, 5.74) is 3.52. The molecule has 5 nitrogen and oxygen atoms in total. The summed E-state index contributed by atoms with van der Waals surface area (Å²) in [5.74, 6) is 0.853. The van der Waals surface area contributed by atoms with Gasteiger partial charge in [-0.1, -0.05) is 6.07 Å². The lowest BCUT2D eigenvalue weighted by Crippen LogP contribution is -2.47. The van der Waals surface area contributed by atoms with Crippen LogP contribution in [0.2, 0.25) is 0 Å². The SMILES string of the molecule is CCN(CC)C(=O)C1=C(C)NC(=S)N[C@H]1c1ccc(OC)c(C)c1. The summed E-state index contributed by atoms with van der Waals surface area (Å²) in [6, 6.07) is 5.66. The molecule has 2 N–H and O–H groups in total. The Hall–Kier alpha value is -2.08. The maximum atomic E-state index is 13.0. The Morgan fingerprint density at radius 2 is 1.96 bits per heavy atom. The molecule has 1 aromatic carbocycles. The molecule has 130 valence electrons. The predicted octanol–water partition coefficient (Wildman–Crippen LogP) is 2.66. The van der Waals surface area contributed by atoms with Gasteiger partial charge >= 0.3 is 0 Å². The summed E-state index contributed by atoms with van der Waals surface area (Å²) >= 11 is 5.30. The number of carbonyl (C=O) groups is 1. The van der Waals surface area contributed by atoms with Crippen molar-refractivity contribution in [2.75, 3.05) is 20.2 Å². The first-order chi connectivity index (χ1) is 11.4. The van der Waals surface area contributed by atoms with Crippen molar-refractivity contribution in [2.45, 2.75) is 33.7 Å². The van der Waals surface area contributed by atoms with Gasteiger partial charge < -0.3 is 20.3 Å². The van der Waals surface area contributed by atoms with Crippen molar-refractivity contribution in [3.8, 4) is 5.75 Å². The number of likely N-dealkylation sites (N-methyl/N-ethyl adjacent to an activating group) is 1. The number of nitrogens with zero attached hydrogens (tertiary/aromatic N) is 1. The Balaban J connectivity index is 2.48. The van der Waals surface area contributed by atoms with Crippen molar-refractivity contribution in [1.29, 1.82) is 0 Å². The van der Waals surface area contributed by atoms with Crippen molar-refractivity contribution in [3.05, 3.63) is 40.6 Å². The van der Waals surface area contributed by atoms with Gasteiger partial charge in [-0.05, 0) is 63.2 Å². The van der Waals surface area contributed by atoms with Crippen LogP contribution in [0.5, 0.6) is 5.75 Å². The zero-order valence-corrected chi connectivity index (χ0v) is 15.7.